The molecule has 0 unspecified atom stereocenters. The largest absolute Gasteiger partial charge is 0.457 e. The molecule has 6 rings (SSSR count). The van der Waals surface area contributed by atoms with Gasteiger partial charge in [-0.3, -0.25) is 0 Å². The number of benzene rings is 1. The molecule has 1 aliphatic heterocycles. The predicted octanol–water partition coefficient (Wildman–Crippen LogP) is 4.89. The van der Waals surface area contributed by atoms with Gasteiger partial charge in [0.15, 0.2) is 17.3 Å². The van der Waals surface area contributed by atoms with Crippen molar-refractivity contribution >= 4 is 40.2 Å². The first-order valence-electron chi connectivity index (χ1n) is 13.8. The van der Waals surface area contributed by atoms with Crippen molar-refractivity contribution in [2.45, 2.75) is 46.3 Å². The lowest BCUT2D eigenvalue weighted by molar-refractivity contribution is 0.0158. The van der Waals surface area contributed by atoms with E-state index in [1.807, 2.05) is 32.6 Å². The maximum atomic E-state index is 15.6. The van der Waals surface area contributed by atoms with Crippen LogP contribution in [-0.4, -0.2) is 76.8 Å². The molecule has 0 radical (unpaired) electrons. The molecule has 5 aromatic rings. The molecule has 1 amide bonds. The minimum Gasteiger partial charge on any atom is -0.457 e. The number of rotatable bonds is 5. The highest BCUT2D eigenvalue weighted by Gasteiger charge is 2.32. The summed E-state index contributed by atoms with van der Waals surface area (Å²) in [4.78, 5) is 38.4. The average Bonchev–Trinajstić information content (AvgIpc) is 3.44. The fraction of sp³-hybridized carbons (Fsp3) is 0.345. The summed E-state index contributed by atoms with van der Waals surface area (Å²) >= 11 is 0. The Morgan fingerprint density at radius 2 is 1.93 bits per heavy atom. The Morgan fingerprint density at radius 1 is 1.09 bits per heavy atom. The van der Waals surface area contributed by atoms with Crippen LogP contribution in [0.15, 0.2) is 49.3 Å². The fourth-order valence-electron chi connectivity index (χ4n) is 4.81. The van der Waals surface area contributed by atoms with Crippen molar-refractivity contribution in [1.29, 1.82) is 0 Å². The summed E-state index contributed by atoms with van der Waals surface area (Å²) in [6.07, 6.45) is 5.81. The normalized spacial score (nSPS) is 15.6. The number of anilines is 3. The van der Waals surface area contributed by atoms with Crippen LogP contribution in [0.2, 0.25) is 0 Å². The first kappa shape index (κ1) is 28.0. The summed E-state index contributed by atoms with van der Waals surface area (Å²) in [5.41, 5.74) is 1.51. The number of ether oxygens (including phenoxy) is 2. The molecule has 14 heteroatoms. The molecule has 0 spiro atoms. The van der Waals surface area contributed by atoms with E-state index in [0.29, 0.717) is 65.1 Å². The Balaban J connectivity index is 1.21. The summed E-state index contributed by atoms with van der Waals surface area (Å²) in [5.74, 6) is 1.18. The van der Waals surface area contributed by atoms with E-state index in [1.54, 1.807) is 53.0 Å². The third kappa shape index (κ3) is 5.80. The molecular weight excluding hydrogens is 555 g/mol. The molecule has 1 N–H and O–H groups in total. The van der Waals surface area contributed by atoms with Crippen molar-refractivity contribution in [3.8, 4) is 11.5 Å². The van der Waals surface area contributed by atoms with Crippen molar-refractivity contribution in [3.63, 3.8) is 0 Å². The summed E-state index contributed by atoms with van der Waals surface area (Å²) < 4.78 is 28.7. The molecule has 0 bridgehead atoms. The van der Waals surface area contributed by atoms with Crippen LogP contribution < -0.4 is 15.0 Å². The van der Waals surface area contributed by atoms with Gasteiger partial charge in [0.2, 0.25) is 5.95 Å². The number of pyridine rings is 1. The Labute approximate surface area is 246 Å². The standard InChI is InChI=1S/C29H31FN10O3/c1-17-14-38(10-11-39(17)28(41)43-29(3,4)5)27-31-13-21-25(37-27)26(34-15-32-21)36-20-6-7-22(18(2)24(20)30)42-19-8-9-40-23(12-19)33-16-35-40/h6-9,12-13,15-17H,10-11,14H2,1-5H3,(H,32,34,36)/t17-/m0/s1. The SMILES string of the molecule is Cc1c(Oc2ccn3ncnc3c2)ccc(Nc2ncnc3cnc(N4CCN(C(=O)OC(C)(C)C)[C@@H](C)C4)nc23)c1F. The zero-order valence-corrected chi connectivity index (χ0v) is 24.4. The van der Waals surface area contributed by atoms with E-state index in [-0.39, 0.29) is 17.8 Å². The molecule has 0 aliphatic carbocycles. The van der Waals surface area contributed by atoms with Crippen LogP contribution in [0, 0.1) is 12.7 Å². The molecule has 0 saturated carbocycles. The second-order valence-electron chi connectivity index (χ2n) is 11.3. The minimum absolute atomic E-state index is 0.122. The maximum Gasteiger partial charge on any atom is 0.410 e. The number of fused-ring (bicyclic) bond motifs is 2. The summed E-state index contributed by atoms with van der Waals surface area (Å²) in [5, 5.41) is 7.14. The van der Waals surface area contributed by atoms with Crippen LogP contribution in [0.25, 0.3) is 16.7 Å². The van der Waals surface area contributed by atoms with Gasteiger partial charge in [0.25, 0.3) is 0 Å². The lowest BCUT2D eigenvalue weighted by Gasteiger charge is -2.40. The Kier molecular flexibility index (Phi) is 7.12. The van der Waals surface area contributed by atoms with Gasteiger partial charge < -0.3 is 24.6 Å². The van der Waals surface area contributed by atoms with Crippen molar-refractivity contribution < 1.29 is 18.7 Å². The van der Waals surface area contributed by atoms with Gasteiger partial charge in [-0.25, -0.2) is 38.6 Å². The molecule has 1 atom stereocenters. The summed E-state index contributed by atoms with van der Waals surface area (Å²) in [7, 11) is 0. The highest BCUT2D eigenvalue weighted by molar-refractivity contribution is 5.87. The van der Waals surface area contributed by atoms with Gasteiger partial charge in [-0.05, 0) is 52.8 Å². The van der Waals surface area contributed by atoms with Crippen LogP contribution in [0.5, 0.6) is 11.5 Å². The number of carbonyl (C=O) groups is 1. The zero-order chi connectivity index (χ0) is 30.3. The predicted molar refractivity (Wildman–Crippen MR) is 157 cm³/mol. The Morgan fingerprint density at radius 3 is 2.72 bits per heavy atom. The van der Waals surface area contributed by atoms with E-state index < -0.39 is 11.4 Å². The number of halogens is 1. The van der Waals surface area contributed by atoms with Crippen LogP contribution in [-0.2, 0) is 4.74 Å². The molecule has 43 heavy (non-hydrogen) atoms. The van der Waals surface area contributed by atoms with Gasteiger partial charge in [0.05, 0.1) is 11.9 Å². The van der Waals surface area contributed by atoms with Crippen LogP contribution in [0.4, 0.5) is 26.6 Å². The van der Waals surface area contributed by atoms with Crippen molar-refractivity contribution in [1.82, 2.24) is 39.4 Å². The highest BCUT2D eigenvalue weighted by Crippen LogP contribution is 2.33. The van der Waals surface area contributed by atoms with Gasteiger partial charge in [0.1, 0.15) is 40.8 Å². The number of hydrogen-bond donors (Lipinski definition) is 1. The van der Waals surface area contributed by atoms with E-state index in [4.69, 9.17) is 14.5 Å². The molecule has 1 aliphatic rings. The van der Waals surface area contributed by atoms with E-state index >= 15 is 4.39 Å². The zero-order valence-electron chi connectivity index (χ0n) is 24.4. The second-order valence-corrected chi connectivity index (χ2v) is 11.3. The van der Waals surface area contributed by atoms with Gasteiger partial charge >= 0.3 is 6.09 Å². The molecule has 1 saturated heterocycles. The van der Waals surface area contributed by atoms with Gasteiger partial charge in [-0.1, -0.05) is 0 Å². The second kappa shape index (κ2) is 10.9. The number of amides is 1. The average molecular weight is 587 g/mol. The van der Waals surface area contributed by atoms with Crippen LogP contribution in [0.3, 0.4) is 0 Å². The molecule has 5 heterocycles. The van der Waals surface area contributed by atoms with Gasteiger partial charge in [-0.2, -0.15) is 5.10 Å². The van der Waals surface area contributed by atoms with E-state index in [9.17, 15) is 4.79 Å². The van der Waals surface area contributed by atoms with E-state index in [0.717, 1.165) is 0 Å². The first-order valence-corrected chi connectivity index (χ1v) is 13.8. The summed E-state index contributed by atoms with van der Waals surface area (Å²) in [6, 6.07) is 6.60. The van der Waals surface area contributed by atoms with Crippen molar-refractivity contribution in [2.75, 3.05) is 29.9 Å². The third-order valence-electron chi connectivity index (χ3n) is 6.97. The number of hydrogen-bond acceptors (Lipinski definition) is 11. The Bertz CT molecular complexity index is 1820. The van der Waals surface area contributed by atoms with Crippen LogP contribution in [0.1, 0.15) is 33.3 Å². The number of aromatic nitrogens is 7. The number of piperazine rings is 1. The third-order valence-corrected chi connectivity index (χ3v) is 6.97. The molecular formula is C29H31FN10O3. The molecule has 4 aromatic heterocycles. The monoisotopic (exact) mass is 586 g/mol. The maximum absolute atomic E-state index is 15.6. The fourth-order valence-corrected chi connectivity index (χ4v) is 4.81. The van der Waals surface area contributed by atoms with Crippen molar-refractivity contribution in [2.24, 2.45) is 0 Å². The highest BCUT2D eigenvalue weighted by atomic mass is 19.1. The molecule has 222 valence electrons. The summed E-state index contributed by atoms with van der Waals surface area (Å²) in [6.45, 7) is 10.6. The Hall–Kier alpha value is -5.14. The first-order chi connectivity index (χ1) is 20.6. The number of nitrogens with zero attached hydrogens (tertiary/aromatic N) is 9. The molecule has 1 aromatic carbocycles. The topological polar surface area (TPSA) is 136 Å². The minimum atomic E-state index is -0.572. The number of carbonyl (C=O) groups excluding carboxylic acids is 1. The van der Waals surface area contributed by atoms with E-state index in [2.05, 4.69) is 30.4 Å². The lowest BCUT2D eigenvalue weighted by atomic mass is 10.1. The van der Waals surface area contributed by atoms with Crippen molar-refractivity contribution in [3.05, 3.63) is 60.7 Å². The number of nitrogens with one attached hydrogen (secondary N) is 1. The van der Waals surface area contributed by atoms with Crippen LogP contribution >= 0.6 is 0 Å². The van der Waals surface area contributed by atoms with Gasteiger partial charge in [-0.15, -0.1) is 0 Å². The lowest BCUT2D eigenvalue weighted by Crippen LogP contribution is -2.55. The molecule has 1 fully saturated rings. The molecule has 13 nitrogen and oxygen atoms in total. The van der Waals surface area contributed by atoms with Gasteiger partial charge in [0, 0.05) is 43.5 Å². The smallest absolute Gasteiger partial charge is 0.410 e. The quantitative estimate of drug-likeness (QED) is 0.301. The van der Waals surface area contributed by atoms with E-state index in [1.165, 1.54) is 12.7 Å².